The van der Waals surface area contributed by atoms with Crippen LogP contribution in [0.4, 0.5) is 0 Å². The van der Waals surface area contributed by atoms with E-state index in [2.05, 4.69) is 18.7 Å². The van der Waals surface area contributed by atoms with E-state index in [1.807, 2.05) is 0 Å². The molecule has 0 aromatic rings. The molecule has 2 rings (SSSR count). The van der Waals surface area contributed by atoms with Crippen molar-refractivity contribution in [2.75, 3.05) is 13.1 Å². The molecule has 1 saturated carbocycles. The van der Waals surface area contributed by atoms with Gasteiger partial charge in [0.05, 0.1) is 0 Å². The van der Waals surface area contributed by atoms with Gasteiger partial charge in [-0.2, -0.15) is 0 Å². The number of hydrogen-bond donors (Lipinski definition) is 1. The minimum absolute atomic E-state index is 0.294. The number of piperidine rings is 1. The summed E-state index contributed by atoms with van der Waals surface area (Å²) in [6.07, 6.45) is 6.49. The van der Waals surface area contributed by atoms with Crippen LogP contribution in [0.2, 0.25) is 0 Å². The van der Waals surface area contributed by atoms with Gasteiger partial charge in [0.15, 0.2) is 0 Å². The van der Waals surface area contributed by atoms with Crippen molar-refractivity contribution in [3.05, 3.63) is 0 Å². The zero-order valence-corrected chi connectivity index (χ0v) is 11.1. The van der Waals surface area contributed by atoms with Gasteiger partial charge in [-0.1, -0.05) is 26.7 Å². The van der Waals surface area contributed by atoms with Crippen LogP contribution in [0.5, 0.6) is 0 Å². The predicted octanol–water partition coefficient (Wildman–Crippen LogP) is 2.75. The van der Waals surface area contributed by atoms with E-state index in [0.29, 0.717) is 5.92 Å². The van der Waals surface area contributed by atoms with Gasteiger partial charge in [-0.3, -0.25) is 9.69 Å². The summed E-state index contributed by atoms with van der Waals surface area (Å²) in [7, 11) is 0. The molecule has 0 amide bonds. The highest BCUT2D eigenvalue weighted by Crippen LogP contribution is 2.40. The summed E-state index contributed by atoms with van der Waals surface area (Å²) in [5.41, 5.74) is -0.557. The minimum atomic E-state index is -0.584. The molecule has 0 aromatic carbocycles. The van der Waals surface area contributed by atoms with Gasteiger partial charge >= 0.3 is 5.97 Å². The summed E-state index contributed by atoms with van der Waals surface area (Å²) < 4.78 is 0. The average molecular weight is 239 g/mol. The molecular weight excluding hydrogens is 214 g/mol. The fourth-order valence-corrected chi connectivity index (χ4v) is 3.66. The first kappa shape index (κ1) is 12.9. The number of rotatable bonds is 2. The third-order valence-electron chi connectivity index (χ3n) is 4.98. The third kappa shape index (κ3) is 2.22. The van der Waals surface area contributed by atoms with Gasteiger partial charge in [-0.25, -0.2) is 0 Å². The number of nitrogens with zero attached hydrogens (tertiary/aromatic N) is 1. The summed E-state index contributed by atoms with van der Waals surface area (Å²) in [6.45, 7) is 6.34. The van der Waals surface area contributed by atoms with Crippen LogP contribution < -0.4 is 0 Å². The zero-order valence-electron chi connectivity index (χ0n) is 11.1. The van der Waals surface area contributed by atoms with E-state index in [1.165, 1.54) is 6.42 Å². The highest BCUT2D eigenvalue weighted by atomic mass is 16.4. The largest absolute Gasteiger partial charge is 0.480 e. The van der Waals surface area contributed by atoms with Crippen molar-refractivity contribution < 1.29 is 9.90 Å². The summed E-state index contributed by atoms with van der Waals surface area (Å²) in [5.74, 6) is 0.470. The van der Waals surface area contributed by atoms with E-state index in [-0.39, 0.29) is 0 Å². The van der Waals surface area contributed by atoms with Crippen LogP contribution in [-0.2, 0) is 4.79 Å². The fraction of sp³-hybridized carbons (Fsp3) is 0.929. The van der Waals surface area contributed by atoms with Crippen molar-refractivity contribution in [1.82, 2.24) is 4.90 Å². The Bertz CT molecular complexity index is 284. The Morgan fingerprint density at radius 2 is 1.82 bits per heavy atom. The van der Waals surface area contributed by atoms with Gasteiger partial charge < -0.3 is 5.11 Å². The van der Waals surface area contributed by atoms with Crippen molar-refractivity contribution in [3.8, 4) is 0 Å². The van der Waals surface area contributed by atoms with Crippen molar-refractivity contribution in [2.45, 2.75) is 57.9 Å². The van der Waals surface area contributed by atoms with E-state index in [0.717, 1.165) is 51.1 Å². The lowest BCUT2D eigenvalue weighted by Crippen LogP contribution is -2.61. The maximum absolute atomic E-state index is 11.8. The summed E-state index contributed by atoms with van der Waals surface area (Å²) >= 11 is 0. The summed E-state index contributed by atoms with van der Waals surface area (Å²) in [4.78, 5) is 14.1. The molecule has 0 aromatic heterocycles. The highest BCUT2D eigenvalue weighted by molar-refractivity contribution is 5.79. The van der Waals surface area contributed by atoms with Gasteiger partial charge in [0, 0.05) is 0 Å². The third-order valence-corrected chi connectivity index (χ3v) is 4.98. The molecule has 2 atom stereocenters. The first-order valence-corrected chi connectivity index (χ1v) is 7.06. The number of carboxylic acid groups (broad SMARTS) is 1. The average Bonchev–Trinajstić information content (AvgIpc) is 2.31. The Labute approximate surface area is 104 Å². The van der Waals surface area contributed by atoms with Crippen molar-refractivity contribution in [1.29, 1.82) is 0 Å². The molecular formula is C14H25NO2. The molecule has 3 heteroatoms. The molecule has 2 fully saturated rings. The quantitative estimate of drug-likeness (QED) is 0.805. The maximum Gasteiger partial charge on any atom is 0.324 e. The van der Waals surface area contributed by atoms with E-state index >= 15 is 0 Å². The van der Waals surface area contributed by atoms with E-state index in [1.54, 1.807) is 0 Å². The molecule has 0 bridgehead atoms. The van der Waals surface area contributed by atoms with Crippen LogP contribution in [0.25, 0.3) is 0 Å². The number of carboxylic acids is 1. The van der Waals surface area contributed by atoms with Crippen LogP contribution in [0.15, 0.2) is 0 Å². The second-order valence-electron chi connectivity index (χ2n) is 6.05. The van der Waals surface area contributed by atoms with Crippen molar-refractivity contribution >= 4 is 5.97 Å². The number of carbonyl (C=O) groups is 1. The predicted molar refractivity (Wildman–Crippen MR) is 68.0 cm³/mol. The molecule has 1 heterocycles. The SMILES string of the molecule is CC1CCN(C2(C(=O)O)CCCCC2C)CC1. The van der Waals surface area contributed by atoms with Crippen LogP contribution in [0.1, 0.15) is 52.4 Å². The number of aliphatic carboxylic acids is 1. The normalized spacial score (nSPS) is 36.9. The molecule has 2 aliphatic rings. The van der Waals surface area contributed by atoms with E-state index in [4.69, 9.17) is 0 Å². The monoisotopic (exact) mass is 239 g/mol. The topological polar surface area (TPSA) is 40.5 Å². The maximum atomic E-state index is 11.8. The van der Waals surface area contributed by atoms with Crippen LogP contribution in [-0.4, -0.2) is 34.6 Å². The molecule has 17 heavy (non-hydrogen) atoms. The first-order chi connectivity index (χ1) is 8.07. The summed E-state index contributed by atoms with van der Waals surface area (Å²) in [5, 5.41) is 9.74. The molecule has 0 radical (unpaired) electrons. The van der Waals surface area contributed by atoms with Gasteiger partial charge in [0.25, 0.3) is 0 Å². The molecule has 1 saturated heterocycles. The van der Waals surface area contributed by atoms with Crippen LogP contribution in [0, 0.1) is 11.8 Å². The van der Waals surface area contributed by atoms with Gasteiger partial charge in [0.1, 0.15) is 5.54 Å². The lowest BCUT2D eigenvalue weighted by Gasteiger charge is -2.49. The molecule has 1 N–H and O–H groups in total. The molecule has 1 aliphatic carbocycles. The standard InChI is InChI=1S/C14H25NO2/c1-11-6-9-15(10-7-11)14(13(16)17)8-4-3-5-12(14)2/h11-12H,3-10H2,1-2H3,(H,16,17). The highest BCUT2D eigenvalue weighted by Gasteiger charge is 2.49. The first-order valence-electron chi connectivity index (χ1n) is 7.06. The lowest BCUT2D eigenvalue weighted by atomic mass is 9.71. The second-order valence-corrected chi connectivity index (χ2v) is 6.05. The Balaban J connectivity index is 2.18. The van der Waals surface area contributed by atoms with E-state index in [9.17, 15) is 9.90 Å². The Morgan fingerprint density at radius 1 is 1.18 bits per heavy atom. The second kappa shape index (κ2) is 4.97. The van der Waals surface area contributed by atoms with Crippen LogP contribution in [0.3, 0.4) is 0 Å². The van der Waals surface area contributed by atoms with Gasteiger partial charge in [0.2, 0.25) is 0 Å². The van der Waals surface area contributed by atoms with Crippen molar-refractivity contribution in [3.63, 3.8) is 0 Å². The molecule has 2 unspecified atom stereocenters. The fourth-order valence-electron chi connectivity index (χ4n) is 3.66. The van der Waals surface area contributed by atoms with Crippen molar-refractivity contribution in [2.24, 2.45) is 11.8 Å². The van der Waals surface area contributed by atoms with Crippen LogP contribution >= 0.6 is 0 Å². The number of hydrogen-bond acceptors (Lipinski definition) is 2. The molecule has 3 nitrogen and oxygen atoms in total. The smallest absolute Gasteiger partial charge is 0.324 e. The Morgan fingerprint density at radius 3 is 2.35 bits per heavy atom. The summed E-state index contributed by atoms with van der Waals surface area (Å²) in [6, 6.07) is 0. The Hall–Kier alpha value is -0.570. The van der Waals surface area contributed by atoms with E-state index < -0.39 is 11.5 Å². The molecule has 1 aliphatic heterocycles. The molecule has 98 valence electrons. The number of likely N-dealkylation sites (tertiary alicyclic amines) is 1. The lowest BCUT2D eigenvalue weighted by molar-refractivity contribution is -0.160. The van der Waals surface area contributed by atoms with Gasteiger partial charge in [-0.05, 0) is 50.6 Å². The Kier molecular flexibility index (Phi) is 3.76. The zero-order chi connectivity index (χ0) is 12.5. The minimum Gasteiger partial charge on any atom is -0.480 e. The molecule has 0 spiro atoms. The van der Waals surface area contributed by atoms with Gasteiger partial charge in [-0.15, -0.1) is 0 Å².